The molecule has 112 valence electrons. The summed E-state index contributed by atoms with van der Waals surface area (Å²) in [5.41, 5.74) is 4.37. The lowest BCUT2D eigenvalue weighted by atomic mass is 9.92. The van der Waals surface area contributed by atoms with E-state index in [-0.39, 0.29) is 0 Å². The fourth-order valence-corrected chi connectivity index (χ4v) is 4.30. The van der Waals surface area contributed by atoms with Crippen molar-refractivity contribution in [1.82, 2.24) is 0 Å². The second-order valence-corrected chi connectivity index (χ2v) is 7.01. The highest BCUT2D eigenvalue weighted by molar-refractivity contribution is 9.10. The summed E-state index contributed by atoms with van der Waals surface area (Å²) in [6.07, 6.45) is 2.40. The molecular weight excluding hydrogens is 340 g/mol. The van der Waals surface area contributed by atoms with Crippen LogP contribution < -0.4 is 0 Å². The fraction of sp³-hybridized carbons (Fsp3) is 0.368. The van der Waals surface area contributed by atoms with Gasteiger partial charge in [0, 0.05) is 21.0 Å². The van der Waals surface area contributed by atoms with Gasteiger partial charge in [0.05, 0.1) is 0 Å². The zero-order chi connectivity index (χ0) is 15.2. The predicted molar refractivity (Wildman–Crippen MR) is 98.5 cm³/mol. The summed E-state index contributed by atoms with van der Waals surface area (Å²) in [5.74, 6) is 1.71. The monoisotopic (exact) mass is 362 g/mol. The first-order chi connectivity index (χ1) is 10.3. The SMILES string of the molecule is CC.CCCc1ccc(C2CSc3ccc(Br)cc32)cc1. The van der Waals surface area contributed by atoms with Gasteiger partial charge in [-0.25, -0.2) is 0 Å². The maximum absolute atomic E-state index is 3.59. The lowest BCUT2D eigenvalue weighted by Crippen LogP contribution is -1.99. The Kier molecular flexibility index (Phi) is 6.38. The maximum Gasteiger partial charge on any atom is 0.0195 e. The first-order valence-electron chi connectivity index (χ1n) is 7.79. The molecule has 0 fully saturated rings. The van der Waals surface area contributed by atoms with Gasteiger partial charge in [0.25, 0.3) is 0 Å². The van der Waals surface area contributed by atoms with Gasteiger partial charge in [-0.2, -0.15) is 0 Å². The minimum atomic E-state index is 0.549. The van der Waals surface area contributed by atoms with E-state index in [0.29, 0.717) is 5.92 Å². The summed E-state index contributed by atoms with van der Waals surface area (Å²) >= 11 is 5.56. The third-order valence-electron chi connectivity index (χ3n) is 3.67. The molecule has 0 N–H and O–H groups in total. The van der Waals surface area contributed by atoms with Crippen LogP contribution in [0.3, 0.4) is 0 Å². The van der Waals surface area contributed by atoms with Gasteiger partial charge in [-0.3, -0.25) is 0 Å². The van der Waals surface area contributed by atoms with Crippen molar-refractivity contribution in [3.63, 3.8) is 0 Å². The van der Waals surface area contributed by atoms with Crippen LogP contribution in [0.25, 0.3) is 0 Å². The Balaban J connectivity index is 0.000000774. The smallest absolute Gasteiger partial charge is 0.0195 e. The Labute approximate surface area is 141 Å². The van der Waals surface area contributed by atoms with Gasteiger partial charge in [-0.05, 0) is 41.3 Å². The summed E-state index contributed by atoms with van der Waals surface area (Å²) in [6.45, 7) is 6.23. The first kappa shape index (κ1) is 16.6. The molecule has 21 heavy (non-hydrogen) atoms. The molecule has 0 nitrogen and oxygen atoms in total. The maximum atomic E-state index is 3.59. The number of benzene rings is 2. The largest absolute Gasteiger partial charge is 0.125 e. The van der Waals surface area contributed by atoms with Crippen LogP contribution in [0.1, 0.15) is 49.8 Å². The van der Waals surface area contributed by atoms with E-state index in [9.17, 15) is 0 Å². The van der Waals surface area contributed by atoms with E-state index in [1.807, 2.05) is 25.6 Å². The van der Waals surface area contributed by atoms with E-state index in [1.54, 1.807) is 0 Å². The molecule has 1 heterocycles. The van der Waals surface area contributed by atoms with Gasteiger partial charge < -0.3 is 0 Å². The van der Waals surface area contributed by atoms with Crippen LogP contribution in [0.4, 0.5) is 0 Å². The molecule has 1 unspecified atom stereocenters. The quantitative estimate of drug-likeness (QED) is 0.587. The topological polar surface area (TPSA) is 0 Å². The van der Waals surface area contributed by atoms with Crippen molar-refractivity contribution < 1.29 is 0 Å². The molecule has 1 atom stereocenters. The summed E-state index contributed by atoms with van der Waals surface area (Å²) in [4.78, 5) is 1.44. The third kappa shape index (κ3) is 3.92. The molecule has 0 spiro atoms. The highest BCUT2D eigenvalue weighted by Gasteiger charge is 2.24. The molecule has 0 aromatic heterocycles. The molecule has 0 saturated heterocycles. The number of hydrogen-bond donors (Lipinski definition) is 0. The van der Waals surface area contributed by atoms with Crippen LogP contribution in [0.5, 0.6) is 0 Å². The predicted octanol–water partition coefficient (Wildman–Crippen LogP) is 6.67. The van der Waals surface area contributed by atoms with Gasteiger partial charge in [0.15, 0.2) is 0 Å². The van der Waals surface area contributed by atoms with Crippen molar-refractivity contribution in [2.24, 2.45) is 0 Å². The minimum absolute atomic E-state index is 0.549. The van der Waals surface area contributed by atoms with Gasteiger partial charge in [0.1, 0.15) is 0 Å². The number of hydrogen-bond acceptors (Lipinski definition) is 1. The molecular formula is C19H23BrS. The molecule has 2 heteroatoms. The van der Waals surface area contributed by atoms with Crippen molar-refractivity contribution >= 4 is 27.7 Å². The fourth-order valence-electron chi connectivity index (χ4n) is 2.67. The Morgan fingerprint density at radius 1 is 1.10 bits per heavy atom. The van der Waals surface area contributed by atoms with Crippen LogP contribution in [-0.4, -0.2) is 5.75 Å². The highest BCUT2D eigenvalue weighted by Crippen LogP contribution is 2.44. The Hall–Kier alpha value is -0.730. The molecule has 3 rings (SSSR count). The van der Waals surface area contributed by atoms with E-state index >= 15 is 0 Å². The van der Waals surface area contributed by atoms with E-state index in [1.165, 1.54) is 44.7 Å². The van der Waals surface area contributed by atoms with Crippen molar-refractivity contribution in [3.05, 3.63) is 63.6 Å². The van der Waals surface area contributed by atoms with Crippen LogP contribution in [0.2, 0.25) is 0 Å². The second-order valence-electron chi connectivity index (χ2n) is 5.04. The standard InChI is InChI=1S/C17H17BrS.C2H6/c1-2-3-12-4-6-13(7-5-12)16-11-19-17-9-8-14(18)10-15(16)17;1-2/h4-10,16H,2-3,11H2,1H3;1-2H3. The number of aryl methyl sites for hydroxylation is 1. The van der Waals surface area contributed by atoms with E-state index in [2.05, 4.69) is 65.3 Å². The van der Waals surface area contributed by atoms with Gasteiger partial charge in [-0.1, -0.05) is 67.4 Å². The van der Waals surface area contributed by atoms with E-state index in [0.717, 1.165) is 0 Å². The first-order valence-corrected chi connectivity index (χ1v) is 9.57. The van der Waals surface area contributed by atoms with Crippen LogP contribution >= 0.6 is 27.7 Å². The van der Waals surface area contributed by atoms with E-state index in [4.69, 9.17) is 0 Å². The zero-order valence-electron chi connectivity index (χ0n) is 13.0. The summed E-state index contributed by atoms with van der Waals surface area (Å²) in [6, 6.07) is 15.9. The average molecular weight is 363 g/mol. The summed E-state index contributed by atoms with van der Waals surface area (Å²) in [7, 11) is 0. The number of halogens is 1. The molecule has 0 saturated carbocycles. The normalized spacial score (nSPS) is 16.1. The second kappa shape index (κ2) is 8.05. The van der Waals surface area contributed by atoms with Crippen LogP contribution in [0.15, 0.2) is 51.8 Å². The molecule has 0 bridgehead atoms. The van der Waals surface area contributed by atoms with Crippen LogP contribution in [-0.2, 0) is 6.42 Å². The zero-order valence-corrected chi connectivity index (χ0v) is 15.4. The number of thioether (sulfide) groups is 1. The average Bonchev–Trinajstić information content (AvgIpc) is 2.93. The van der Waals surface area contributed by atoms with Gasteiger partial charge >= 0.3 is 0 Å². The van der Waals surface area contributed by atoms with Crippen molar-refractivity contribution in [2.75, 3.05) is 5.75 Å². The van der Waals surface area contributed by atoms with Gasteiger partial charge in [0.2, 0.25) is 0 Å². The Bertz CT molecular complexity index is 575. The van der Waals surface area contributed by atoms with Crippen molar-refractivity contribution in [1.29, 1.82) is 0 Å². The van der Waals surface area contributed by atoms with Gasteiger partial charge in [-0.15, -0.1) is 11.8 Å². The third-order valence-corrected chi connectivity index (χ3v) is 5.35. The summed E-state index contributed by atoms with van der Waals surface area (Å²) < 4.78 is 1.18. The Morgan fingerprint density at radius 3 is 2.48 bits per heavy atom. The number of fused-ring (bicyclic) bond motifs is 1. The number of rotatable bonds is 3. The van der Waals surface area contributed by atoms with Crippen molar-refractivity contribution in [2.45, 2.75) is 44.4 Å². The molecule has 0 radical (unpaired) electrons. The molecule has 0 aliphatic carbocycles. The van der Waals surface area contributed by atoms with Crippen molar-refractivity contribution in [3.8, 4) is 0 Å². The molecule has 0 amide bonds. The molecule has 2 aromatic carbocycles. The lowest BCUT2D eigenvalue weighted by molar-refractivity contribution is 0.907. The molecule has 1 aliphatic heterocycles. The molecule has 2 aromatic rings. The minimum Gasteiger partial charge on any atom is -0.125 e. The highest BCUT2D eigenvalue weighted by atomic mass is 79.9. The summed E-state index contributed by atoms with van der Waals surface area (Å²) in [5, 5.41) is 0. The van der Waals surface area contributed by atoms with Crippen LogP contribution in [0, 0.1) is 0 Å². The molecule has 1 aliphatic rings. The lowest BCUT2D eigenvalue weighted by Gasteiger charge is -2.12. The van der Waals surface area contributed by atoms with E-state index < -0.39 is 0 Å². The Morgan fingerprint density at radius 2 is 1.81 bits per heavy atom.